The number of hydrogen-bond acceptors (Lipinski definition) is 6. The van der Waals surface area contributed by atoms with E-state index in [-0.39, 0.29) is 12.6 Å². The SMILES string of the molecule is Cn1cnc(Nc2nc(N3CCC[C@@H]3CO)nc3cccn23)c1. The van der Waals surface area contributed by atoms with Gasteiger partial charge in [0, 0.05) is 26.0 Å². The number of aryl methyl sites for hydroxylation is 1. The van der Waals surface area contributed by atoms with Gasteiger partial charge in [-0.3, -0.25) is 4.40 Å². The first-order chi connectivity index (χ1) is 11.2. The van der Waals surface area contributed by atoms with Crippen LogP contribution in [0.25, 0.3) is 5.65 Å². The Hall–Kier alpha value is -2.61. The van der Waals surface area contributed by atoms with E-state index in [4.69, 9.17) is 0 Å². The van der Waals surface area contributed by atoms with Crippen LogP contribution in [-0.4, -0.2) is 48.2 Å². The maximum atomic E-state index is 9.55. The smallest absolute Gasteiger partial charge is 0.230 e. The van der Waals surface area contributed by atoms with Gasteiger partial charge in [0.2, 0.25) is 11.9 Å². The number of aliphatic hydroxyl groups excluding tert-OH is 1. The summed E-state index contributed by atoms with van der Waals surface area (Å²) in [6.07, 6.45) is 7.56. The third kappa shape index (κ3) is 2.50. The van der Waals surface area contributed by atoms with Gasteiger partial charge in [0.15, 0.2) is 5.82 Å². The van der Waals surface area contributed by atoms with Crippen LogP contribution in [0.2, 0.25) is 0 Å². The van der Waals surface area contributed by atoms with Crippen molar-refractivity contribution >= 4 is 23.4 Å². The summed E-state index contributed by atoms with van der Waals surface area (Å²) in [5.74, 6) is 2.04. The number of fused-ring (bicyclic) bond motifs is 1. The van der Waals surface area contributed by atoms with Crippen LogP contribution in [0.5, 0.6) is 0 Å². The first-order valence-electron chi connectivity index (χ1n) is 7.72. The molecule has 0 radical (unpaired) electrons. The number of aromatic nitrogens is 5. The predicted octanol–water partition coefficient (Wildman–Crippen LogP) is 1.17. The molecule has 8 nitrogen and oxygen atoms in total. The Bertz CT molecular complexity index is 824. The van der Waals surface area contributed by atoms with Crippen molar-refractivity contribution in [2.45, 2.75) is 18.9 Å². The number of nitrogens with zero attached hydrogens (tertiary/aromatic N) is 6. The molecule has 0 amide bonds. The van der Waals surface area contributed by atoms with Crippen molar-refractivity contribution in [1.82, 2.24) is 23.9 Å². The summed E-state index contributed by atoms with van der Waals surface area (Å²) in [5, 5.41) is 12.8. The second-order valence-corrected chi connectivity index (χ2v) is 5.81. The first kappa shape index (κ1) is 14.0. The number of aliphatic hydroxyl groups is 1. The van der Waals surface area contributed by atoms with Gasteiger partial charge in [-0.2, -0.15) is 9.97 Å². The number of rotatable bonds is 4. The van der Waals surface area contributed by atoms with Crippen molar-refractivity contribution in [2.75, 3.05) is 23.4 Å². The van der Waals surface area contributed by atoms with Crippen molar-refractivity contribution in [3.8, 4) is 0 Å². The summed E-state index contributed by atoms with van der Waals surface area (Å²) in [6, 6.07) is 3.97. The number of nitrogens with one attached hydrogen (secondary N) is 1. The molecule has 0 saturated carbocycles. The topological polar surface area (TPSA) is 83.5 Å². The molecule has 1 aliphatic rings. The Morgan fingerprint density at radius 1 is 1.39 bits per heavy atom. The summed E-state index contributed by atoms with van der Waals surface area (Å²) in [7, 11) is 1.92. The Balaban J connectivity index is 1.75. The average Bonchev–Trinajstić information content (AvgIpc) is 3.26. The summed E-state index contributed by atoms with van der Waals surface area (Å²) in [6.45, 7) is 0.990. The van der Waals surface area contributed by atoms with Gasteiger partial charge in [0.05, 0.1) is 19.0 Å². The second kappa shape index (κ2) is 5.54. The Kier molecular flexibility index (Phi) is 3.38. The van der Waals surface area contributed by atoms with Gasteiger partial charge in [0.25, 0.3) is 0 Å². The van der Waals surface area contributed by atoms with Crippen LogP contribution >= 0.6 is 0 Å². The molecular formula is C15H19N7O. The summed E-state index contributed by atoms with van der Waals surface area (Å²) in [5.41, 5.74) is 0.817. The molecule has 1 fully saturated rings. The highest BCUT2D eigenvalue weighted by molar-refractivity contribution is 5.57. The van der Waals surface area contributed by atoms with Gasteiger partial charge in [-0.25, -0.2) is 4.98 Å². The fraction of sp³-hybridized carbons (Fsp3) is 0.400. The van der Waals surface area contributed by atoms with Crippen molar-refractivity contribution in [3.05, 3.63) is 30.9 Å². The van der Waals surface area contributed by atoms with E-state index in [1.54, 1.807) is 6.33 Å². The third-order valence-electron chi connectivity index (χ3n) is 4.17. The molecule has 0 spiro atoms. The molecule has 23 heavy (non-hydrogen) atoms. The van der Waals surface area contributed by atoms with Crippen LogP contribution in [0.4, 0.5) is 17.7 Å². The molecule has 120 valence electrons. The first-order valence-corrected chi connectivity index (χ1v) is 7.72. The molecule has 0 unspecified atom stereocenters. The summed E-state index contributed by atoms with van der Waals surface area (Å²) < 4.78 is 3.77. The van der Waals surface area contributed by atoms with Crippen molar-refractivity contribution in [1.29, 1.82) is 0 Å². The van der Waals surface area contributed by atoms with Crippen LogP contribution in [-0.2, 0) is 7.05 Å². The van der Waals surface area contributed by atoms with Gasteiger partial charge in [-0.15, -0.1) is 0 Å². The van der Waals surface area contributed by atoms with Gasteiger partial charge < -0.3 is 19.9 Å². The number of anilines is 3. The quantitative estimate of drug-likeness (QED) is 0.752. The second-order valence-electron chi connectivity index (χ2n) is 5.81. The molecule has 2 N–H and O–H groups in total. The Morgan fingerprint density at radius 3 is 3.09 bits per heavy atom. The van der Waals surface area contributed by atoms with E-state index in [1.165, 1.54) is 0 Å². The highest BCUT2D eigenvalue weighted by atomic mass is 16.3. The van der Waals surface area contributed by atoms with E-state index in [0.29, 0.717) is 11.9 Å². The van der Waals surface area contributed by atoms with Crippen LogP contribution in [0, 0.1) is 0 Å². The fourth-order valence-electron chi connectivity index (χ4n) is 3.02. The van der Waals surface area contributed by atoms with E-state index in [9.17, 15) is 5.11 Å². The van der Waals surface area contributed by atoms with Gasteiger partial charge in [-0.1, -0.05) is 0 Å². The van der Waals surface area contributed by atoms with Crippen LogP contribution < -0.4 is 10.2 Å². The average molecular weight is 313 g/mol. The lowest BCUT2D eigenvalue weighted by molar-refractivity contribution is 0.265. The fourth-order valence-corrected chi connectivity index (χ4v) is 3.02. The molecular weight excluding hydrogens is 294 g/mol. The minimum absolute atomic E-state index is 0.0927. The minimum Gasteiger partial charge on any atom is -0.394 e. The van der Waals surface area contributed by atoms with E-state index >= 15 is 0 Å². The van der Waals surface area contributed by atoms with E-state index in [2.05, 4.69) is 25.2 Å². The largest absolute Gasteiger partial charge is 0.394 e. The van der Waals surface area contributed by atoms with Gasteiger partial charge >= 0.3 is 0 Å². The Morgan fingerprint density at radius 2 is 2.30 bits per heavy atom. The highest BCUT2D eigenvalue weighted by Gasteiger charge is 2.27. The standard InChI is InChI=1S/C15H19N7O/c1-20-8-12(16-10-20)17-14-19-15(18-13-5-3-7-22(13)14)21-6-2-4-11(21)9-23/h3,5,7-8,10-11,23H,2,4,6,9H2,1H3,(H,17,18,19)/t11-/m1/s1. The highest BCUT2D eigenvalue weighted by Crippen LogP contribution is 2.25. The minimum atomic E-state index is 0.0927. The van der Waals surface area contributed by atoms with Crippen molar-refractivity contribution in [2.24, 2.45) is 7.05 Å². The van der Waals surface area contributed by atoms with Crippen molar-refractivity contribution in [3.63, 3.8) is 0 Å². The Labute approximate surface area is 133 Å². The molecule has 4 heterocycles. The molecule has 0 aliphatic carbocycles. The molecule has 3 aromatic rings. The zero-order valence-electron chi connectivity index (χ0n) is 12.9. The number of hydrogen-bond donors (Lipinski definition) is 2. The zero-order valence-corrected chi connectivity index (χ0v) is 12.9. The molecule has 8 heteroatoms. The lowest BCUT2D eigenvalue weighted by Crippen LogP contribution is -2.33. The normalized spacial score (nSPS) is 18.0. The number of imidazole rings is 1. The summed E-state index contributed by atoms with van der Waals surface area (Å²) in [4.78, 5) is 15.7. The molecule has 1 atom stereocenters. The molecule has 0 bridgehead atoms. The maximum Gasteiger partial charge on any atom is 0.230 e. The molecule has 1 saturated heterocycles. The summed E-state index contributed by atoms with van der Waals surface area (Å²) >= 11 is 0. The molecule has 1 aliphatic heterocycles. The lowest BCUT2D eigenvalue weighted by Gasteiger charge is -2.23. The van der Waals surface area contributed by atoms with Crippen molar-refractivity contribution < 1.29 is 5.11 Å². The molecule has 3 aromatic heterocycles. The predicted molar refractivity (Wildman–Crippen MR) is 86.9 cm³/mol. The molecule has 0 aromatic carbocycles. The molecule has 4 rings (SSSR count). The lowest BCUT2D eigenvalue weighted by atomic mass is 10.2. The maximum absolute atomic E-state index is 9.55. The van der Waals surface area contributed by atoms with E-state index in [1.807, 2.05) is 40.5 Å². The van der Waals surface area contributed by atoms with Crippen LogP contribution in [0.15, 0.2) is 30.9 Å². The third-order valence-corrected chi connectivity index (χ3v) is 4.17. The van der Waals surface area contributed by atoms with Gasteiger partial charge in [-0.05, 0) is 25.0 Å². The zero-order chi connectivity index (χ0) is 15.8. The monoisotopic (exact) mass is 313 g/mol. The van der Waals surface area contributed by atoms with E-state index in [0.717, 1.165) is 30.9 Å². The van der Waals surface area contributed by atoms with Crippen LogP contribution in [0.3, 0.4) is 0 Å². The van der Waals surface area contributed by atoms with Crippen LogP contribution in [0.1, 0.15) is 12.8 Å². The van der Waals surface area contributed by atoms with E-state index < -0.39 is 0 Å². The van der Waals surface area contributed by atoms with Gasteiger partial charge in [0.1, 0.15) is 5.65 Å².